The molecule has 1 aromatic carbocycles. The number of hydrogen-bond donors (Lipinski definition) is 2. The first kappa shape index (κ1) is 15.5. The van der Waals surface area contributed by atoms with Crippen molar-refractivity contribution in [1.82, 2.24) is 4.90 Å². The Hall–Kier alpha value is -1.59. The van der Waals surface area contributed by atoms with Crippen LogP contribution in [-0.4, -0.2) is 49.3 Å². The SMILES string of the molecule is CCN(CCO)CCC(=O)Nc1ccccc1OC. The van der Waals surface area contributed by atoms with Crippen LogP contribution in [-0.2, 0) is 4.79 Å². The lowest BCUT2D eigenvalue weighted by Gasteiger charge is -2.18. The summed E-state index contributed by atoms with van der Waals surface area (Å²) >= 11 is 0. The molecule has 1 aromatic rings. The lowest BCUT2D eigenvalue weighted by atomic mass is 10.2. The molecule has 2 N–H and O–H groups in total. The third-order valence-electron chi connectivity index (χ3n) is 2.90. The van der Waals surface area contributed by atoms with E-state index in [9.17, 15) is 4.79 Å². The zero-order chi connectivity index (χ0) is 14.1. The van der Waals surface area contributed by atoms with Crippen molar-refractivity contribution in [3.8, 4) is 5.75 Å². The maximum atomic E-state index is 11.8. The van der Waals surface area contributed by atoms with Gasteiger partial charge in [0.1, 0.15) is 5.75 Å². The second kappa shape index (κ2) is 8.50. The molecule has 0 aliphatic heterocycles. The van der Waals surface area contributed by atoms with Gasteiger partial charge in [-0.25, -0.2) is 0 Å². The summed E-state index contributed by atoms with van der Waals surface area (Å²) in [5.41, 5.74) is 0.681. The van der Waals surface area contributed by atoms with Gasteiger partial charge in [0.05, 0.1) is 19.4 Å². The van der Waals surface area contributed by atoms with Crippen molar-refractivity contribution in [3.05, 3.63) is 24.3 Å². The highest BCUT2D eigenvalue weighted by atomic mass is 16.5. The quantitative estimate of drug-likeness (QED) is 0.745. The normalized spacial score (nSPS) is 10.5. The molecule has 0 aliphatic rings. The number of rotatable bonds is 8. The van der Waals surface area contributed by atoms with Gasteiger partial charge in [-0.2, -0.15) is 0 Å². The summed E-state index contributed by atoms with van der Waals surface area (Å²) in [6.45, 7) is 4.18. The van der Waals surface area contributed by atoms with E-state index in [4.69, 9.17) is 9.84 Å². The van der Waals surface area contributed by atoms with Crippen LogP contribution in [0.15, 0.2) is 24.3 Å². The molecule has 0 radical (unpaired) electrons. The van der Waals surface area contributed by atoms with E-state index in [1.54, 1.807) is 13.2 Å². The van der Waals surface area contributed by atoms with E-state index in [1.165, 1.54) is 0 Å². The van der Waals surface area contributed by atoms with Gasteiger partial charge in [-0.05, 0) is 18.7 Å². The van der Waals surface area contributed by atoms with Crippen LogP contribution in [0.3, 0.4) is 0 Å². The lowest BCUT2D eigenvalue weighted by molar-refractivity contribution is -0.116. The van der Waals surface area contributed by atoms with Crippen molar-refractivity contribution in [2.24, 2.45) is 0 Å². The van der Waals surface area contributed by atoms with Crippen molar-refractivity contribution in [2.75, 3.05) is 38.7 Å². The predicted octanol–water partition coefficient (Wildman–Crippen LogP) is 1.34. The molecule has 0 saturated carbocycles. The molecular weight excluding hydrogens is 244 g/mol. The van der Waals surface area contributed by atoms with Crippen LogP contribution in [0, 0.1) is 0 Å². The second-order valence-corrected chi connectivity index (χ2v) is 4.16. The van der Waals surface area contributed by atoms with Crippen molar-refractivity contribution in [2.45, 2.75) is 13.3 Å². The van der Waals surface area contributed by atoms with Crippen LogP contribution in [0.4, 0.5) is 5.69 Å². The van der Waals surface area contributed by atoms with E-state index in [2.05, 4.69) is 5.32 Å². The molecule has 0 unspecified atom stereocenters. The number of amides is 1. The third kappa shape index (κ3) is 5.28. The van der Waals surface area contributed by atoms with E-state index in [0.717, 1.165) is 6.54 Å². The van der Waals surface area contributed by atoms with Crippen LogP contribution in [0.1, 0.15) is 13.3 Å². The fourth-order valence-corrected chi connectivity index (χ4v) is 1.79. The van der Waals surface area contributed by atoms with E-state index in [-0.39, 0.29) is 12.5 Å². The van der Waals surface area contributed by atoms with E-state index in [1.807, 2.05) is 30.0 Å². The maximum absolute atomic E-state index is 11.8. The minimum atomic E-state index is -0.0547. The number of likely N-dealkylation sites (N-methyl/N-ethyl adjacent to an activating group) is 1. The van der Waals surface area contributed by atoms with Crippen molar-refractivity contribution in [1.29, 1.82) is 0 Å². The highest BCUT2D eigenvalue weighted by Gasteiger charge is 2.09. The Morgan fingerprint density at radius 2 is 2.11 bits per heavy atom. The second-order valence-electron chi connectivity index (χ2n) is 4.16. The van der Waals surface area contributed by atoms with Crippen LogP contribution < -0.4 is 10.1 Å². The molecule has 0 bridgehead atoms. The van der Waals surface area contributed by atoms with Crippen LogP contribution in [0.2, 0.25) is 0 Å². The van der Waals surface area contributed by atoms with Crippen LogP contribution in [0.5, 0.6) is 5.75 Å². The number of carbonyl (C=O) groups excluding carboxylic acids is 1. The Balaban J connectivity index is 2.46. The van der Waals surface area contributed by atoms with Gasteiger partial charge in [0.2, 0.25) is 5.91 Å². The number of benzene rings is 1. The van der Waals surface area contributed by atoms with Crippen molar-refractivity contribution in [3.63, 3.8) is 0 Å². The molecule has 0 fully saturated rings. The zero-order valence-corrected chi connectivity index (χ0v) is 11.6. The molecule has 0 saturated heterocycles. The van der Waals surface area contributed by atoms with Gasteiger partial charge in [-0.15, -0.1) is 0 Å². The first-order valence-electron chi connectivity index (χ1n) is 6.47. The molecule has 1 rings (SSSR count). The smallest absolute Gasteiger partial charge is 0.225 e. The molecule has 0 aliphatic carbocycles. The average molecular weight is 266 g/mol. The molecule has 0 heterocycles. The standard InChI is InChI=1S/C14H22N2O3/c1-3-16(10-11-17)9-8-14(18)15-12-6-4-5-7-13(12)19-2/h4-7,17H,3,8-11H2,1-2H3,(H,15,18). The summed E-state index contributed by atoms with van der Waals surface area (Å²) in [4.78, 5) is 13.9. The highest BCUT2D eigenvalue weighted by Crippen LogP contribution is 2.22. The molecule has 1 amide bonds. The summed E-state index contributed by atoms with van der Waals surface area (Å²) in [6.07, 6.45) is 0.395. The molecule has 106 valence electrons. The first-order chi connectivity index (χ1) is 9.21. The number of nitrogens with zero attached hydrogens (tertiary/aromatic N) is 1. The van der Waals surface area contributed by atoms with Gasteiger partial charge in [0.15, 0.2) is 0 Å². The number of aliphatic hydroxyl groups excluding tert-OH is 1. The first-order valence-corrected chi connectivity index (χ1v) is 6.47. The number of anilines is 1. The minimum absolute atomic E-state index is 0.0547. The number of carbonyl (C=O) groups is 1. The van der Waals surface area contributed by atoms with Gasteiger partial charge >= 0.3 is 0 Å². The van der Waals surface area contributed by atoms with Gasteiger partial charge < -0.3 is 20.1 Å². The number of para-hydroxylation sites is 2. The fraction of sp³-hybridized carbons (Fsp3) is 0.500. The average Bonchev–Trinajstić information content (AvgIpc) is 2.44. The Kier molecular flexibility index (Phi) is 6.92. The van der Waals surface area contributed by atoms with E-state index < -0.39 is 0 Å². The molecule has 19 heavy (non-hydrogen) atoms. The molecule has 0 spiro atoms. The number of methoxy groups -OCH3 is 1. The largest absolute Gasteiger partial charge is 0.495 e. The molecule has 0 atom stereocenters. The minimum Gasteiger partial charge on any atom is -0.495 e. The number of aliphatic hydroxyl groups is 1. The van der Waals surface area contributed by atoms with E-state index >= 15 is 0 Å². The highest BCUT2D eigenvalue weighted by molar-refractivity contribution is 5.92. The van der Waals surface area contributed by atoms with E-state index in [0.29, 0.717) is 30.9 Å². The number of hydrogen-bond acceptors (Lipinski definition) is 4. The van der Waals surface area contributed by atoms with Crippen LogP contribution >= 0.6 is 0 Å². The summed E-state index contributed by atoms with van der Waals surface area (Å²) in [5, 5.41) is 11.7. The van der Waals surface area contributed by atoms with Gasteiger partial charge in [0.25, 0.3) is 0 Å². The Bertz CT molecular complexity index is 396. The Morgan fingerprint density at radius 3 is 2.74 bits per heavy atom. The summed E-state index contributed by atoms with van der Waals surface area (Å²) in [5.74, 6) is 0.597. The zero-order valence-electron chi connectivity index (χ0n) is 11.6. The Morgan fingerprint density at radius 1 is 1.37 bits per heavy atom. The van der Waals surface area contributed by atoms with Gasteiger partial charge in [-0.1, -0.05) is 19.1 Å². The topological polar surface area (TPSA) is 61.8 Å². The Labute approximate surface area is 114 Å². The maximum Gasteiger partial charge on any atom is 0.225 e. The van der Waals surface area contributed by atoms with Crippen LogP contribution in [0.25, 0.3) is 0 Å². The number of ether oxygens (including phenoxy) is 1. The molecule has 5 heteroatoms. The predicted molar refractivity (Wildman–Crippen MR) is 75.4 cm³/mol. The fourth-order valence-electron chi connectivity index (χ4n) is 1.79. The molecular formula is C14H22N2O3. The van der Waals surface area contributed by atoms with Crippen molar-refractivity contribution < 1.29 is 14.6 Å². The number of nitrogens with one attached hydrogen (secondary N) is 1. The molecule has 5 nitrogen and oxygen atoms in total. The summed E-state index contributed by atoms with van der Waals surface area (Å²) in [6, 6.07) is 7.32. The van der Waals surface area contributed by atoms with Gasteiger partial charge in [0, 0.05) is 19.5 Å². The summed E-state index contributed by atoms with van der Waals surface area (Å²) < 4.78 is 5.17. The third-order valence-corrected chi connectivity index (χ3v) is 2.90. The monoisotopic (exact) mass is 266 g/mol. The van der Waals surface area contributed by atoms with Gasteiger partial charge in [-0.3, -0.25) is 4.79 Å². The van der Waals surface area contributed by atoms with Crippen molar-refractivity contribution >= 4 is 11.6 Å². The molecule has 0 aromatic heterocycles. The summed E-state index contributed by atoms with van der Waals surface area (Å²) in [7, 11) is 1.57. The lowest BCUT2D eigenvalue weighted by Crippen LogP contribution is -2.30.